The molecule has 0 aliphatic carbocycles. The van der Waals surface area contributed by atoms with Gasteiger partial charge >= 0.3 is 5.97 Å². The zero-order valence-electron chi connectivity index (χ0n) is 10.3. The van der Waals surface area contributed by atoms with Gasteiger partial charge in [0.15, 0.2) is 11.4 Å². The van der Waals surface area contributed by atoms with Crippen molar-refractivity contribution in [3.8, 4) is 11.6 Å². The molecule has 0 saturated carbocycles. The number of hydrogen-bond donors (Lipinski definition) is 1. The summed E-state index contributed by atoms with van der Waals surface area (Å²) in [6.45, 7) is 1.54. The van der Waals surface area contributed by atoms with Crippen LogP contribution in [0.2, 0.25) is 0 Å². The summed E-state index contributed by atoms with van der Waals surface area (Å²) in [5, 5.41) is 19.8. The predicted octanol–water partition coefficient (Wildman–Crippen LogP) is 2.18. The molecule has 0 bridgehead atoms. The topological polar surface area (TPSA) is 115 Å². The Hall–Kier alpha value is -3.03. The van der Waals surface area contributed by atoms with Gasteiger partial charge in [-0.1, -0.05) is 0 Å². The van der Waals surface area contributed by atoms with Gasteiger partial charge in [0.1, 0.15) is 0 Å². The number of ether oxygens (including phenoxy) is 1. The molecule has 2 rings (SSSR count). The number of carboxylic acid groups (broad SMARTS) is 1. The quantitative estimate of drug-likeness (QED) is 0.671. The van der Waals surface area contributed by atoms with Crippen LogP contribution in [0.25, 0.3) is 0 Å². The largest absolute Gasteiger partial charge is 0.476 e. The molecule has 0 spiro atoms. The van der Waals surface area contributed by atoms with E-state index in [2.05, 4.69) is 9.97 Å². The summed E-state index contributed by atoms with van der Waals surface area (Å²) in [7, 11) is 0. The van der Waals surface area contributed by atoms with Crippen LogP contribution in [0.3, 0.4) is 0 Å². The van der Waals surface area contributed by atoms with Crippen LogP contribution in [-0.4, -0.2) is 26.0 Å². The number of rotatable bonds is 4. The van der Waals surface area contributed by atoms with Gasteiger partial charge in [-0.2, -0.15) is 0 Å². The van der Waals surface area contributed by atoms with Gasteiger partial charge < -0.3 is 9.84 Å². The highest BCUT2D eigenvalue weighted by Crippen LogP contribution is 2.26. The molecule has 0 aliphatic rings. The number of pyridine rings is 2. The van der Waals surface area contributed by atoms with Crippen LogP contribution < -0.4 is 4.74 Å². The summed E-state index contributed by atoms with van der Waals surface area (Å²) in [5.41, 5.74) is -0.0692. The zero-order chi connectivity index (χ0) is 14.7. The molecule has 2 aromatic heterocycles. The maximum absolute atomic E-state index is 11.0. The van der Waals surface area contributed by atoms with Crippen molar-refractivity contribution >= 4 is 11.7 Å². The summed E-state index contributed by atoms with van der Waals surface area (Å²) in [4.78, 5) is 28.8. The van der Waals surface area contributed by atoms with Crippen molar-refractivity contribution in [1.82, 2.24) is 9.97 Å². The molecule has 20 heavy (non-hydrogen) atoms. The first-order valence-corrected chi connectivity index (χ1v) is 5.46. The van der Waals surface area contributed by atoms with Crippen LogP contribution in [0, 0.1) is 17.0 Å². The molecule has 8 heteroatoms. The molecule has 2 aromatic rings. The summed E-state index contributed by atoms with van der Waals surface area (Å²) < 4.78 is 5.26. The second-order valence-electron chi connectivity index (χ2n) is 3.82. The number of hydrogen-bond acceptors (Lipinski definition) is 6. The molecule has 0 amide bonds. The molecule has 0 atom stereocenters. The van der Waals surface area contributed by atoms with E-state index in [0.29, 0.717) is 5.56 Å². The van der Waals surface area contributed by atoms with E-state index in [1.807, 2.05) is 0 Å². The van der Waals surface area contributed by atoms with Crippen LogP contribution in [0.15, 0.2) is 30.6 Å². The van der Waals surface area contributed by atoms with Gasteiger partial charge in [0, 0.05) is 18.0 Å². The summed E-state index contributed by atoms with van der Waals surface area (Å²) in [6, 6.07) is 4.02. The third kappa shape index (κ3) is 2.69. The lowest BCUT2D eigenvalue weighted by atomic mass is 10.2. The molecule has 1 N–H and O–H groups in total. The number of nitrogens with zero attached hydrogens (tertiary/aromatic N) is 3. The van der Waals surface area contributed by atoms with Crippen molar-refractivity contribution in [3.63, 3.8) is 0 Å². The maximum atomic E-state index is 11.0. The SMILES string of the molecule is Cc1cnc(Oc2cccnc2C(=O)O)cc1[N+](=O)[O-]. The summed E-state index contributed by atoms with van der Waals surface area (Å²) >= 11 is 0. The van der Waals surface area contributed by atoms with Crippen LogP contribution in [0.5, 0.6) is 11.6 Å². The highest BCUT2D eigenvalue weighted by Gasteiger charge is 2.17. The Morgan fingerprint density at radius 2 is 2.20 bits per heavy atom. The number of carboxylic acids is 1. The van der Waals surface area contributed by atoms with Crippen molar-refractivity contribution in [2.45, 2.75) is 6.92 Å². The highest BCUT2D eigenvalue weighted by molar-refractivity contribution is 5.88. The summed E-state index contributed by atoms with van der Waals surface area (Å²) in [5.74, 6) is -1.37. The standard InChI is InChI=1S/C12H9N3O5/c1-7-6-14-10(5-8(7)15(18)19)20-9-3-2-4-13-11(9)12(16)17/h2-6H,1H3,(H,16,17). The fraction of sp³-hybridized carbons (Fsp3) is 0.0833. The Morgan fingerprint density at radius 1 is 1.45 bits per heavy atom. The molecule has 0 saturated heterocycles. The minimum Gasteiger partial charge on any atom is -0.476 e. The number of aryl methyl sites for hydroxylation is 1. The van der Waals surface area contributed by atoms with E-state index in [-0.39, 0.29) is 23.0 Å². The van der Waals surface area contributed by atoms with Crippen molar-refractivity contribution in [2.75, 3.05) is 0 Å². The van der Waals surface area contributed by atoms with Crippen LogP contribution >= 0.6 is 0 Å². The highest BCUT2D eigenvalue weighted by atomic mass is 16.6. The lowest BCUT2D eigenvalue weighted by molar-refractivity contribution is -0.385. The van der Waals surface area contributed by atoms with Crippen LogP contribution in [0.1, 0.15) is 16.1 Å². The van der Waals surface area contributed by atoms with Gasteiger partial charge in [-0.15, -0.1) is 0 Å². The van der Waals surface area contributed by atoms with E-state index in [1.165, 1.54) is 24.5 Å². The van der Waals surface area contributed by atoms with Crippen molar-refractivity contribution in [2.24, 2.45) is 0 Å². The second kappa shape index (κ2) is 5.31. The minimum absolute atomic E-state index is 0.0364. The van der Waals surface area contributed by atoms with E-state index in [1.54, 1.807) is 6.92 Å². The predicted molar refractivity (Wildman–Crippen MR) is 66.9 cm³/mol. The second-order valence-corrected chi connectivity index (χ2v) is 3.82. The van der Waals surface area contributed by atoms with Crippen LogP contribution in [0.4, 0.5) is 5.69 Å². The Balaban J connectivity index is 2.38. The summed E-state index contributed by atoms with van der Waals surface area (Å²) in [6.07, 6.45) is 2.59. The molecule has 0 aliphatic heterocycles. The van der Waals surface area contributed by atoms with E-state index < -0.39 is 10.9 Å². The molecule has 0 radical (unpaired) electrons. The lowest BCUT2D eigenvalue weighted by Crippen LogP contribution is -2.03. The molecular weight excluding hydrogens is 266 g/mol. The Kier molecular flexibility index (Phi) is 3.56. The van der Waals surface area contributed by atoms with Crippen LogP contribution in [-0.2, 0) is 0 Å². The fourth-order valence-electron chi connectivity index (χ4n) is 1.49. The Morgan fingerprint density at radius 3 is 2.85 bits per heavy atom. The van der Waals surface area contributed by atoms with Gasteiger partial charge in [-0.25, -0.2) is 14.8 Å². The first kappa shape index (κ1) is 13.4. The van der Waals surface area contributed by atoms with E-state index in [9.17, 15) is 14.9 Å². The molecule has 0 unspecified atom stereocenters. The van der Waals surface area contributed by atoms with Gasteiger partial charge in [0.25, 0.3) is 5.69 Å². The van der Waals surface area contributed by atoms with E-state index in [0.717, 1.165) is 6.07 Å². The lowest BCUT2D eigenvalue weighted by Gasteiger charge is -2.07. The molecule has 102 valence electrons. The molecule has 0 aromatic carbocycles. The first-order chi connectivity index (χ1) is 9.49. The third-order valence-corrected chi connectivity index (χ3v) is 2.43. The number of aromatic carboxylic acids is 1. The maximum Gasteiger partial charge on any atom is 0.358 e. The minimum atomic E-state index is -1.26. The third-order valence-electron chi connectivity index (χ3n) is 2.43. The number of carbonyl (C=O) groups is 1. The average molecular weight is 275 g/mol. The van der Waals surface area contributed by atoms with Gasteiger partial charge in [-0.05, 0) is 19.1 Å². The van der Waals surface area contributed by atoms with Gasteiger partial charge in [-0.3, -0.25) is 10.1 Å². The molecule has 8 nitrogen and oxygen atoms in total. The number of nitro groups is 1. The zero-order valence-corrected chi connectivity index (χ0v) is 10.3. The van der Waals surface area contributed by atoms with E-state index >= 15 is 0 Å². The smallest absolute Gasteiger partial charge is 0.358 e. The monoisotopic (exact) mass is 275 g/mol. The Labute approximate surface area is 112 Å². The molecule has 0 fully saturated rings. The van der Waals surface area contributed by atoms with Crippen molar-refractivity contribution < 1.29 is 19.6 Å². The first-order valence-electron chi connectivity index (χ1n) is 5.46. The molecule has 2 heterocycles. The fourth-order valence-corrected chi connectivity index (χ4v) is 1.49. The normalized spacial score (nSPS) is 10.1. The number of aromatic nitrogens is 2. The van der Waals surface area contributed by atoms with Crippen molar-refractivity contribution in [1.29, 1.82) is 0 Å². The Bertz CT molecular complexity index is 687. The molecular formula is C12H9N3O5. The average Bonchev–Trinajstić information content (AvgIpc) is 2.41. The van der Waals surface area contributed by atoms with Crippen molar-refractivity contribution in [3.05, 3.63) is 52.0 Å². The van der Waals surface area contributed by atoms with Gasteiger partial charge in [0.05, 0.1) is 11.0 Å². The van der Waals surface area contributed by atoms with E-state index in [4.69, 9.17) is 9.84 Å². The van der Waals surface area contributed by atoms with Gasteiger partial charge in [0.2, 0.25) is 5.88 Å².